The summed E-state index contributed by atoms with van der Waals surface area (Å²) in [7, 11) is 1.55. The Balaban J connectivity index is 2.26. The van der Waals surface area contributed by atoms with E-state index < -0.39 is 0 Å². The maximum atomic E-state index is 12.1. The van der Waals surface area contributed by atoms with Gasteiger partial charge in [-0.25, -0.2) is 4.98 Å². The first-order valence-electron chi connectivity index (χ1n) is 6.28. The van der Waals surface area contributed by atoms with E-state index in [1.807, 2.05) is 6.92 Å². The SMILES string of the molecule is CNC(=O)c1ccc(C)c(NC(=O)c2cccc(Cl)n2)c1. The van der Waals surface area contributed by atoms with E-state index in [1.165, 1.54) is 0 Å². The van der Waals surface area contributed by atoms with Crippen molar-refractivity contribution in [1.82, 2.24) is 10.3 Å². The summed E-state index contributed by atoms with van der Waals surface area (Å²) >= 11 is 5.76. The van der Waals surface area contributed by atoms with Gasteiger partial charge < -0.3 is 10.6 Å². The Labute approximate surface area is 127 Å². The lowest BCUT2D eigenvalue weighted by Crippen LogP contribution is -2.19. The first kappa shape index (κ1) is 15.0. The number of hydrogen-bond acceptors (Lipinski definition) is 3. The molecule has 108 valence electrons. The summed E-state index contributed by atoms with van der Waals surface area (Å²) in [5.41, 5.74) is 2.09. The van der Waals surface area contributed by atoms with Crippen LogP contribution < -0.4 is 10.6 Å². The first-order valence-corrected chi connectivity index (χ1v) is 6.65. The molecule has 2 amide bonds. The number of carbonyl (C=O) groups excluding carboxylic acids is 2. The largest absolute Gasteiger partial charge is 0.355 e. The van der Waals surface area contributed by atoms with E-state index in [1.54, 1.807) is 43.4 Å². The van der Waals surface area contributed by atoms with Crippen LogP contribution in [0.2, 0.25) is 5.15 Å². The Bertz CT molecular complexity index is 701. The zero-order chi connectivity index (χ0) is 15.4. The molecule has 0 aliphatic rings. The van der Waals surface area contributed by atoms with Crippen LogP contribution in [0.15, 0.2) is 36.4 Å². The molecule has 0 aliphatic heterocycles. The van der Waals surface area contributed by atoms with Gasteiger partial charge in [-0.2, -0.15) is 0 Å². The number of carbonyl (C=O) groups is 2. The van der Waals surface area contributed by atoms with Crippen LogP contribution in [-0.4, -0.2) is 23.8 Å². The molecule has 0 atom stereocenters. The molecular weight excluding hydrogens is 290 g/mol. The van der Waals surface area contributed by atoms with E-state index in [2.05, 4.69) is 15.6 Å². The molecule has 1 heterocycles. The van der Waals surface area contributed by atoms with E-state index in [0.29, 0.717) is 11.3 Å². The van der Waals surface area contributed by atoms with Gasteiger partial charge in [0.1, 0.15) is 10.8 Å². The summed E-state index contributed by atoms with van der Waals surface area (Å²) in [6, 6.07) is 9.90. The number of amides is 2. The second-order valence-electron chi connectivity index (χ2n) is 4.41. The number of aryl methyl sites for hydroxylation is 1. The molecule has 0 saturated heterocycles. The van der Waals surface area contributed by atoms with Crippen molar-refractivity contribution >= 4 is 29.1 Å². The Hall–Kier alpha value is -2.40. The van der Waals surface area contributed by atoms with Gasteiger partial charge in [0.15, 0.2) is 0 Å². The second kappa shape index (κ2) is 6.37. The van der Waals surface area contributed by atoms with Crippen molar-refractivity contribution in [3.8, 4) is 0 Å². The van der Waals surface area contributed by atoms with Crippen molar-refractivity contribution in [2.24, 2.45) is 0 Å². The van der Waals surface area contributed by atoms with Crippen LogP contribution in [0.5, 0.6) is 0 Å². The number of pyridine rings is 1. The van der Waals surface area contributed by atoms with Crippen molar-refractivity contribution < 1.29 is 9.59 Å². The highest BCUT2D eigenvalue weighted by molar-refractivity contribution is 6.29. The lowest BCUT2D eigenvalue weighted by molar-refractivity contribution is 0.0961. The van der Waals surface area contributed by atoms with Gasteiger partial charge in [0.2, 0.25) is 0 Å². The Morgan fingerprint density at radius 3 is 2.57 bits per heavy atom. The number of halogens is 1. The predicted molar refractivity (Wildman–Crippen MR) is 81.8 cm³/mol. The summed E-state index contributed by atoms with van der Waals surface area (Å²) in [6.45, 7) is 1.84. The molecule has 1 aromatic carbocycles. The van der Waals surface area contributed by atoms with Crippen molar-refractivity contribution in [2.75, 3.05) is 12.4 Å². The predicted octanol–water partition coefficient (Wildman–Crippen LogP) is 2.66. The lowest BCUT2D eigenvalue weighted by Gasteiger charge is -2.10. The Morgan fingerprint density at radius 2 is 1.90 bits per heavy atom. The minimum absolute atomic E-state index is 0.215. The molecule has 2 rings (SSSR count). The highest BCUT2D eigenvalue weighted by atomic mass is 35.5. The topological polar surface area (TPSA) is 71.1 Å². The second-order valence-corrected chi connectivity index (χ2v) is 4.80. The lowest BCUT2D eigenvalue weighted by atomic mass is 10.1. The van der Waals surface area contributed by atoms with Gasteiger partial charge in [0.25, 0.3) is 11.8 Å². The van der Waals surface area contributed by atoms with Crippen LogP contribution in [0.1, 0.15) is 26.4 Å². The smallest absolute Gasteiger partial charge is 0.274 e. The number of hydrogen-bond donors (Lipinski definition) is 2. The highest BCUT2D eigenvalue weighted by Crippen LogP contribution is 2.18. The number of benzene rings is 1. The molecule has 0 unspecified atom stereocenters. The number of anilines is 1. The van der Waals surface area contributed by atoms with E-state index in [9.17, 15) is 9.59 Å². The molecule has 2 N–H and O–H groups in total. The highest BCUT2D eigenvalue weighted by Gasteiger charge is 2.12. The van der Waals surface area contributed by atoms with Crippen molar-refractivity contribution in [1.29, 1.82) is 0 Å². The van der Waals surface area contributed by atoms with E-state index in [-0.39, 0.29) is 22.7 Å². The number of rotatable bonds is 3. The van der Waals surface area contributed by atoms with E-state index in [4.69, 9.17) is 11.6 Å². The monoisotopic (exact) mass is 303 g/mol. The van der Waals surface area contributed by atoms with E-state index >= 15 is 0 Å². The maximum absolute atomic E-state index is 12.1. The molecule has 0 radical (unpaired) electrons. The van der Waals surface area contributed by atoms with Gasteiger partial charge in [-0.3, -0.25) is 9.59 Å². The zero-order valence-corrected chi connectivity index (χ0v) is 12.4. The number of aromatic nitrogens is 1. The Morgan fingerprint density at radius 1 is 1.14 bits per heavy atom. The Kier molecular flexibility index (Phi) is 4.55. The summed E-state index contributed by atoms with van der Waals surface area (Å²) in [6.07, 6.45) is 0. The van der Waals surface area contributed by atoms with E-state index in [0.717, 1.165) is 5.56 Å². The normalized spacial score (nSPS) is 10.0. The fourth-order valence-corrected chi connectivity index (χ4v) is 1.93. The molecule has 0 aliphatic carbocycles. The average molecular weight is 304 g/mol. The molecule has 2 aromatic rings. The molecule has 21 heavy (non-hydrogen) atoms. The fraction of sp³-hybridized carbons (Fsp3) is 0.133. The van der Waals surface area contributed by atoms with Crippen LogP contribution >= 0.6 is 11.6 Å². The third kappa shape index (κ3) is 3.58. The molecule has 0 saturated carbocycles. The summed E-state index contributed by atoms with van der Waals surface area (Å²) in [4.78, 5) is 27.7. The van der Waals surface area contributed by atoms with Gasteiger partial charge in [0, 0.05) is 18.3 Å². The molecule has 0 spiro atoms. The van der Waals surface area contributed by atoms with Gasteiger partial charge >= 0.3 is 0 Å². The van der Waals surface area contributed by atoms with Crippen LogP contribution in [0.4, 0.5) is 5.69 Å². The standard InChI is InChI=1S/C15H14ClN3O2/c1-9-6-7-10(14(20)17-2)8-12(9)19-15(21)11-4-3-5-13(16)18-11/h3-8H,1-2H3,(H,17,20)(H,19,21). The maximum Gasteiger partial charge on any atom is 0.274 e. The molecule has 0 fully saturated rings. The summed E-state index contributed by atoms with van der Waals surface area (Å²) < 4.78 is 0. The third-order valence-corrected chi connectivity index (χ3v) is 3.13. The molecule has 0 bridgehead atoms. The molecule has 5 nitrogen and oxygen atoms in total. The van der Waals surface area contributed by atoms with Crippen molar-refractivity contribution in [2.45, 2.75) is 6.92 Å². The quantitative estimate of drug-likeness (QED) is 0.856. The molecule has 6 heteroatoms. The average Bonchev–Trinajstić information content (AvgIpc) is 2.48. The minimum Gasteiger partial charge on any atom is -0.355 e. The van der Waals surface area contributed by atoms with Crippen molar-refractivity contribution in [3.05, 3.63) is 58.4 Å². The first-order chi connectivity index (χ1) is 10.0. The van der Waals surface area contributed by atoms with Crippen LogP contribution in [0.25, 0.3) is 0 Å². The van der Waals surface area contributed by atoms with Crippen LogP contribution in [-0.2, 0) is 0 Å². The fourth-order valence-electron chi connectivity index (χ4n) is 1.76. The van der Waals surface area contributed by atoms with Gasteiger partial charge in [-0.15, -0.1) is 0 Å². The minimum atomic E-state index is -0.380. The number of nitrogens with one attached hydrogen (secondary N) is 2. The van der Waals surface area contributed by atoms with Gasteiger partial charge in [0.05, 0.1) is 0 Å². The summed E-state index contributed by atoms with van der Waals surface area (Å²) in [5, 5.41) is 5.52. The van der Waals surface area contributed by atoms with Gasteiger partial charge in [-0.05, 0) is 36.8 Å². The van der Waals surface area contributed by atoms with Crippen molar-refractivity contribution in [3.63, 3.8) is 0 Å². The number of nitrogens with zero attached hydrogens (tertiary/aromatic N) is 1. The zero-order valence-electron chi connectivity index (χ0n) is 11.6. The third-order valence-electron chi connectivity index (χ3n) is 2.92. The summed E-state index contributed by atoms with van der Waals surface area (Å²) in [5.74, 6) is -0.596. The van der Waals surface area contributed by atoms with Crippen LogP contribution in [0, 0.1) is 6.92 Å². The van der Waals surface area contributed by atoms with Gasteiger partial charge in [-0.1, -0.05) is 23.7 Å². The van der Waals surface area contributed by atoms with Crippen LogP contribution in [0.3, 0.4) is 0 Å². The molecule has 1 aromatic heterocycles. The molecular formula is C15H14ClN3O2.